The van der Waals surface area contributed by atoms with Gasteiger partial charge in [-0.25, -0.2) is 0 Å². The van der Waals surface area contributed by atoms with Gasteiger partial charge >= 0.3 is 0 Å². The second kappa shape index (κ2) is 14.2. The first-order valence-corrected chi connectivity index (χ1v) is 21.7. The third-order valence-electron chi connectivity index (χ3n) is 13.4. The van der Waals surface area contributed by atoms with Gasteiger partial charge in [0.1, 0.15) is 0 Å². The van der Waals surface area contributed by atoms with Crippen LogP contribution in [-0.4, -0.2) is 0 Å². The van der Waals surface area contributed by atoms with Crippen LogP contribution in [0, 0.1) is 0 Å². The summed E-state index contributed by atoms with van der Waals surface area (Å²) < 4.78 is 0. The maximum atomic E-state index is 2.51. The first kappa shape index (κ1) is 36.1. The van der Waals surface area contributed by atoms with E-state index in [1.165, 1.54) is 98.7 Å². The number of hydrogen-bond acceptors (Lipinski definition) is 1. The molecule has 0 bridgehead atoms. The molecule has 0 amide bonds. The van der Waals surface area contributed by atoms with E-state index >= 15 is 0 Å². The minimum absolute atomic E-state index is 0.143. The standard InChI is InChI=1S/C61H43N/c1-61(2)56-32-17-16-29-49(56)50-35-33-42(37-57(50)61)58-53(41-19-6-3-7-20-41)39-55(47-31-18-22-40-21-12-13-27-46(40)47)59-51-30-15-14-28-48(51)54-38-45(34-36-52(54)60(58)59)62(43-23-8-4-9-24-43)44-25-10-5-11-26-44/h3-39H,1-2H3. The summed E-state index contributed by atoms with van der Waals surface area (Å²) in [5, 5.41) is 9.99. The highest BCUT2D eigenvalue weighted by Gasteiger charge is 2.36. The number of para-hydroxylation sites is 2. The van der Waals surface area contributed by atoms with Crippen molar-refractivity contribution in [1.29, 1.82) is 0 Å². The molecule has 0 radical (unpaired) electrons. The van der Waals surface area contributed by atoms with Gasteiger partial charge in [0.05, 0.1) is 0 Å². The zero-order valence-electron chi connectivity index (χ0n) is 34.8. The monoisotopic (exact) mass is 789 g/mol. The summed E-state index contributed by atoms with van der Waals surface area (Å²) >= 11 is 0. The Morgan fingerprint density at radius 2 is 0.887 bits per heavy atom. The number of fused-ring (bicyclic) bond motifs is 10. The number of hydrogen-bond donors (Lipinski definition) is 0. The lowest BCUT2D eigenvalue weighted by Gasteiger charge is -2.27. The summed E-state index contributed by atoms with van der Waals surface area (Å²) in [4.78, 5) is 2.38. The van der Waals surface area contributed by atoms with E-state index in [1.54, 1.807) is 0 Å². The van der Waals surface area contributed by atoms with Gasteiger partial charge in [-0.15, -0.1) is 0 Å². The van der Waals surface area contributed by atoms with Crippen molar-refractivity contribution in [1.82, 2.24) is 0 Å². The van der Waals surface area contributed by atoms with Crippen LogP contribution in [0.25, 0.3) is 87.6 Å². The van der Waals surface area contributed by atoms with E-state index in [0.29, 0.717) is 0 Å². The largest absolute Gasteiger partial charge is 0.310 e. The molecule has 0 heterocycles. The molecule has 0 saturated carbocycles. The molecule has 1 aliphatic carbocycles. The second-order valence-corrected chi connectivity index (χ2v) is 17.2. The number of anilines is 3. The molecule has 0 aliphatic heterocycles. The van der Waals surface area contributed by atoms with Crippen molar-refractivity contribution >= 4 is 60.2 Å². The Kier molecular flexibility index (Phi) is 8.27. The molecule has 0 atom stereocenters. The van der Waals surface area contributed by atoms with Gasteiger partial charge in [0.15, 0.2) is 0 Å². The van der Waals surface area contributed by atoms with Crippen molar-refractivity contribution in [3.63, 3.8) is 0 Å². The van der Waals surface area contributed by atoms with Gasteiger partial charge < -0.3 is 4.90 Å². The number of benzene rings is 11. The maximum absolute atomic E-state index is 2.51. The van der Waals surface area contributed by atoms with E-state index in [0.717, 1.165) is 17.1 Å². The summed E-state index contributed by atoms with van der Waals surface area (Å²) in [7, 11) is 0. The van der Waals surface area contributed by atoms with E-state index in [2.05, 4.69) is 243 Å². The van der Waals surface area contributed by atoms with E-state index in [9.17, 15) is 0 Å². The molecule has 0 spiro atoms. The average Bonchev–Trinajstić information content (AvgIpc) is 3.57. The van der Waals surface area contributed by atoms with Gasteiger partial charge in [-0.3, -0.25) is 0 Å². The van der Waals surface area contributed by atoms with Crippen molar-refractivity contribution in [2.75, 3.05) is 4.90 Å². The van der Waals surface area contributed by atoms with Crippen LogP contribution in [0.2, 0.25) is 0 Å². The number of rotatable bonds is 6. The molecule has 0 unspecified atom stereocenters. The van der Waals surface area contributed by atoms with Gasteiger partial charge in [0.25, 0.3) is 0 Å². The smallest absolute Gasteiger partial charge is 0.0468 e. The minimum Gasteiger partial charge on any atom is -0.310 e. The van der Waals surface area contributed by atoms with Gasteiger partial charge in [0, 0.05) is 22.5 Å². The van der Waals surface area contributed by atoms with Gasteiger partial charge in [-0.2, -0.15) is 0 Å². The van der Waals surface area contributed by atoms with Crippen molar-refractivity contribution in [3.8, 4) is 44.5 Å². The third kappa shape index (κ3) is 5.55. The minimum atomic E-state index is -0.143. The van der Waals surface area contributed by atoms with Gasteiger partial charge in [-0.1, -0.05) is 190 Å². The van der Waals surface area contributed by atoms with E-state index < -0.39 is 0 Å². The summed E-state index contributed by atoms with van der Waals surface area (Å²) in [6, 6.07) is 83.1. The quantitative estimate of drug-likeness (QED) is 0.152. The van der Waals surface area contributed by atoms with E-state index in [4.69, 9.17) is 0 Å². The van der Waals surface area contributed by atoms with E-state index in [1.807, 2.05) is 0 Å². The van der Waals surface area contributed by atoms with Crippen molar-refractivity contribution < 1.29 is 0 Å². The second-order valence-electron chi connectivity index (χ2n) is 17.2. The van der Waals surface area contributed by atoms with Gasteiger partial charge in [-0.05, 0) is 147 Å². The lowest BCUT2D eigenvalue weighted by atomic mass is 9.78. The molecule has 0 saturated heterocycles. The molecule has 0 N–H and O–H groups in total. The molecule has 12 rings (SSSR count). The Balaban J connectivity index is 1.26. The van der Waals surface area contributed by atoms with Crippen LogP contribution in [0.15, 0.2) is 224 Å². The van der Waals surface area contributed by atoms with Crippen molar-refractivity contribution in [3.05, 3.63) is 236 Å². The predicted octanol–water partition coefficient (Wildman–Crippen LogP) is 17.1. The Hall–Kier alpha value is -7.74. The topological polar surface area (TPSA) is 3.24 Å². The lowest BCUT2D eigenvalue weighted by Crippen LogP contribution is -2.14. The van der Waals surface area contributed by atoms with Crippen molar-refractivity contribution in [2.45, 2.75) is 19.3 Å². The summed E-state index contributed by atoms with van der Waals surface area (Å²) in [6.07, 6.45) is 0. The first-order valence-electron chi connectivity index (χ1n) is 21.7. The zero-order chi connectivity index (χ0) is 41.4. The van der Waals surface area contributed by atoms with Crippen molar-refractivity contribution in [2.24, 2.45) is 0 Å². The Morgan fingerprint density at radius 3 is 1.65 bits per heavy atom. The van der Waals surface area contributed by atoms with E-state index in [-0.39, 0.29) is 5.41 Å². The molecule has 0 aromatic heterocycles. The Morgan fingerprint density at radius 1 is 0.306 bits per heavy atom. The van der Waals surface area contributed by atoms with Gasteiger partial charge in [0.2, 0.25) is 0 Å². The Labute approximate surface area is 362 Å². The molecule has 1 aliphatic rings. The Bertz CT molecular complexity index is 3480. The molecule has 1 heteroatoms. The summed E-state index contributed by atoms with van der Waals surface area (Å²) in [5.74, 6) is 0. The molecule has 62 heavy (non-hydrogen) atoms. The number of nitrogens with zero attached hydrogens (tertiary/aromatic N) is 1. The molecular weight excluding hydrogens is 747 g/mol. The highest BCUT2D eigenvalue weighted by Crippen LogP contribution is 2.54. The molecule has 11 aromatic carbocycles. The fourth-order valence-corrected chi connectivity index (χ4v) is 10.6. The highest BCUT2D eigenvalue weighted by molar-refractivity contribution is 6.34. The van der Waals surface area contributed by atoms with Crippen LogP contribution in [0.1, 0.15) is 25.0 Å². The average molecular weight is 790 g/mol. The molecule has 11 aromatic rings. The third-order valence-corrected chi connectivity index (χ3v) is 13.4. The highest BCUT2D eigenvalue weighted by atomic mass is 15.1. The predicted molar refractivity (Wildman–Crippen MR) is 265 cm³/mol. The van der Waals surface area contributed by atoms with Crippen LogP contribution in [0.4, 0.5) is 17.1 Å². The fourth-order valence-electron chi connectivity index (χ4n) is 10.6. The van der Waals surface area contributed by atoms with Crippen LogP contribution < -0.4 is 4.90 Å². The SMILES string of the molecule is CC1(C)c2ccccc2-c2ccc(-c3c(-c4ccccc4)cc(-c4cccc5ccccc45)c4c5ccccc5c5cc(N(c6ccccc6)c6ccccc6)ccc5c34)cc21. The normalized spacial score (nSPS) is 12.8. The first-order chi connectivity index (χ1) is 30.5. The zero-order valence-corrected chi connectivity index (χ0v) is 34.8. The van der Waals surface area contributed by atoms with Crippen LogP contribution in [0.3, 0.4) is 0 Å². The summed E-state index contributed by atoms with van der Waals surface area (Å²) in [6.45, 7) is 4.77. The summed E-state index contributed by atoms with van der Waals surface area (Å²) in [5.41, 5.74) is 16.0. The lowest BCUT2D eigenvalue weighted by molar-refractivity contribution is 0.660. The molecular formula is C61H43N. The maximum Gasteiger partial charge on any atom is 0.0468 e. The van der Waals surface area contributed by atoms with Crippen LogP contribution in [0.5, 0.6) is 0 Å². The van der Waals surface area contributed by atoms with Crippen LogP contribution in [-0.2, 0) is 5.41 Å². The molecule has 0 fully saturated rings. The molecule has 292 valence electrons. The fraction of sp³-hybridized carbons (Fsp3) is 0.0492. The van der Waals surface area contributed by atoms with Crippen LogP contribution >= 0.6 is 0 Å². The molecule has 1 nitrogen and oxygen atoms in total.